The summed E-state index contributed by atoms with van der Waals surface area (Å²) in [7, 11) is 0. The van der Waals surface area contributed by atoms with Crippen LogP contribution in [-0.4, -0.2) is 15.0 Å². The number of benzene rings is 1. The molecular weight excluding hydrogens is 296 g/mol. The molecule has 0 spiro atoms. The minimum Gasteiger partial charge on any atom is -0.465 e. The monoisotopic (exact) mass is 308 g/mol. The first-order valence-electron chi connectivity index (χ1n) is 6.79. The third-order valence-electron chi connectivity index (χ3n) is 3.30. The zero-order valence-electron chi connectivity index (χ0n) is 11.6. The van der Waals surface area contributed by atoms with E-state index in [1.807, 2.05) is 42.5 Å². The predicted molar refractivity (Wildman–Crippen MR) is 87.9 cm³/mol. The van der Waals surface area contributed by atoms with Gasteiger partial charge in [-0.1, -0.05) is 41.7 Å². The molecule has 2 N–H and O–H groups in total. The van der Waals surface area contributed by atoms with Crippen molar-refractivity contribution in [3.05, 3.63) is 54.2 Å². The summed E-state index contributed by atoms with van der Waals surface area (Å²) in [6.45, 7) is 0.472. The van der Waals surface area contributed by atoms with E-state index < -0.39 is 0 Å². The van der Waals surface area contributed by atoms with Crippen LogP contribution in [0.3, 0.4) is 0 Å². The molecule has 0 aliphatic rings. The average molecular weight is 308 g/mol. The van der Waals surface area contributed by atoms with Crippen LogP contribution in [0.1, 0.15) is 5.56 Å². The number of fused-ring (bicyclic) bond motifs is 3. The van der Waals surface area contributed by atoms with Gasteiger partial charge in [-0.05, 0) is 17.7 Å². The zero-order valence-corrected chi connectivity index (χ0v) is 12.4. The van der Waals surface area contributed by atoms with E-state index in [0.29, 0.717) is 23.1 Å². The molecule has 4 aromatic rings. The lowest BCUT2D eigenvalue weighted by Gasteiger charge is -2.01. The van der Waals surface area contributed by atoms with Crippen molar-refractivity contribution in [3.8, 4) is 5.19 Å². The van der Waals surface area contributed by atoms with Crippen LogP contribution in [0.5, 0.6) is 5.19 Å². The van der Waals surface area contributed by atoms with Gasteiger partial charge in [0, 0.05) is 6.20 Å². The number of anilines is 1. The normalized spacial score (nSPS) is 11.1. The van der Waals surface area contributed by atoms with E-state index in [4.69, 9.17) is 10.5 Å². The van der Waals surface area contributed by atoms with Crippen molar-refractivity contribution in [2.24, 2.45) is 0 Å². The number of hydrogen-bond acceptors (Lipinski definition) is 6. The van der Waals surface area contributed by atoms with Crippen molar-refractivity contribution in [2.45, 2.75) is 6.61 Å². The number of pyridine rings is 2. The Labute approximate surface area is 130 Å². The smallest absolute Gasteiger partial charge is 0.274 e. The van der Waals surface area contributed by atoms with E-state index in [1.54, 1.807) is 6.20 Å². The Kier molecular flexibility index (Phi) is 3.08. The molecule has 0 atom stereocenters. The van der Waals surface area contributed by atoms with Crippen LogP contribution >= 0.6 is 11.3 Å². The fraction of sp³-hybridized carbons (Fsp3) is 0.0625. The molecule has 0 amide bonds. The van der Waals surface area contributed by atoms with E-state index >= 15 is 0 Å². The van der Waals surface area contributed by atoms with Crippen molar-refractivity contribution >= 4 is 38.4 Å². The molecular formula is C16H12N4OS. The highest BCUT2D eigenvalue weighted by atomic mass is 32.1. The molecule has 108 valence electrons. The Morgan fingerprint density at radius 3 is 2.73 bits per heavy atom. The predicted octanol–water partition coefficient (Wildman–Crippen LogP) is 3.40. The summed E-state index contributed by atoms with van der Waals surface area (Å²) in [5.41, 5.74) is 9.31. The van der Waals surface area contributed by atoms with Gasteiger partial charge < -0.3 is 10.5 Å². The van der Waals surface area contributed by atoms with E-state index in [0.717, 1.165) is 21.3 Å². The summed E-state index contributed by atoms with van der Waals surface area (Å²) in [5.74, 6) is 0.404. The largest absolute Gasteiger partial charge is 0.465 e. The Morgan fingerprint density at radius 1 is 1.00 bits per heavy atom. The van der Waals surface area contributed by atoms with Crippen LogP contribution < -0.4 is 10.5 Å². The van der Waals surface area contributed by atoms with Crippen LogP contribution in [0.25, 0.3) is 21.3 Å². The lowest BCUT2D eigenvalue weighted by molar-refractivity contribution is 0.305. The molecule has 1 aromatic carbocycles. The number of nitrogens with zero attached hydrogens (tertiary/aromatic N) is 3. The molecule has 0 unspecified atom stereocenters. The van der Waals surface area contributed by atoms with Crippen molar-refractivity contribution in [1.82, 2.24) is 15.0 Å². The fourth-order valence-corrected chi connectivity index (χ4v) is 3.19. The third-order valence-corrected chi connectivity index (χ3v) is 4.27. The maximum Gasteiger partial charge on any atom is 0.274 e. The topological polar surface area (TPSA) is 73.9 Å². The van der Waals surface area contributed by atoms with Crippen LogP contribution in [0.15, 0.2) is 48.7 Å². The molecule has 0 radical (unpaired) electrons. The van der Waals surface area contributed by atoms with Crippen molar-refractivity contribution in [1.29, 1.82) is 0 Å². The van der Waals surface area contributed by atoms with E-state index in [-0.39, 0.29) is 0 Å². The summed E-state index contributed by atoms with van der Waals surface area (Å²) in [4.78, 5) is 13.2. The molecule has 3 aromatic heterocycles. The first kappa shape index (κ1) is 13.0. The Bertz CT molecular complexity index is 952. The fourth-order valence-electron chi connectivity index (χ4n) is 2.26. The van der Waals surface area contributed by atoms with E-state index in [1.165, 1.54) is 11.3 Å². The summed E-state index contributed by atoms with van der Waals surface area (Å²) in [6, 6.07) is 13.7. The van der Waals surface area contributed by atoms with Crippen LogP contribution in [0.2, 0.25) is 0 Å². The lowest BCUT2D eigenvalue weighted by Crippen LogP contribution is -1.95. The quantitative estimate of drug-likeness (QED) is 0.628. The van der Waals surface area contributed by atoms with Gasteiger partial charge in [-0.2, -0.15) is 4.98 Å². The van der Waals surface area contributed by atoms with Gasteiger partial charge >= 0.3 is 0 Å². The van der Waals surface area contributed by atoms with Gasteiger partial charge in [-0.15, -0.1) is 0 Å². The number of aromatic nitrogens is 3. The second-order valence-corrected chi connectivity index (χ2v) is 5.76. The summed E-state index contributed by atoms with van der Waals surface area (Å²) < 4.78 is 6.69. The number of ether oxygens (including phenoxy) is 1. The summed E-state index contributed by atoms with van der Waals surface area (Å²) >= 11 is 1.44. The molecule has 4 rings (SSSR count). The number of hydrogen-bond donors (Lipinski definition) is 1. The summed E-state index contributed by atoms with van der Waals surface area (Å²) in [6.07, 6.45) is 1.74. The molecule has 0 fully saturated rings. The maximum atomic E-state index is 5.99. The Balaban J connectivity index is 1.74. The van der Waals surface area contributed by atoms with Crippen molar-refractivity contribution < 1.29 is 4.74 Å². The van der Waals surface area contributed by atoms with Gasteiger partial charge in [0.15, 0.2) is 5.82 Å². The van der Waals surface area contributed by atoms with Crippen LogP contribution in [-0.2, 0) is 6.61 Å². The lowest BCUT2D eigenvalue weighted by atomic mass is 10.2. The highest BCUT2D eigenvalue weighted by molar-refractivity contribution is 7.21. The van der Waals surface area contributed by atoms with Crippen molar-refractivity contribution in [2.75, 3.05) is 5.73 Å². The second-order valence-electron chi connectivity index (χ2n) is 4.80. The van der Waals surface area contributed by atoms with E-state index in [9.17, 15) is 0 Å². The van der Waals surface area contributed by atoms with E-state index in [2.05, 4.69) is 15.0 Å². The molecule has 22 heavy (non-hydrogen) atoms. The maximum absolute atomic E-state index is 5.99. The first-order chi connectivity index (χ1) is 10.8. The molecule has 3 heterocycles. The molecule has 0 aliphatic carbocycles. The molecule has 0 aliphatic heterocycles. The van der Waals surface area contributed by atoms with Crippen molar-refractivity contribution in [3.63, 3.8) is 0 Å². The standard InChI is InChI=1S/C16H12N4OS/c17-15-13-14(12-11(19-15)7-4-8-18-12)22-16(20-13)21-9-10-5-2-1-3-6-10/h1-8H,9H2,(H2,17,19). The third kappa shape index (κ3) is 2.23. The Morgan fingerprint density at radius 2 is 1.86 bits per heavy atom. The van der Waals surface area contributed by atoms with Gasteiger partial charge in [0.2, 0.25) is 0 Å². The van der Waals surface area contributed by atoms with Crippen LogP contribution in [0.4, 0.5) is 5.82 Å². The van der Waals surface area contributed by atoms with Gasteiger partial charge in [0.1, 0.15) is 17.6 Å². The van der Waals surface area contributed by atoms with Gasteiger partial charge in [-0.25, -0.2) is 4.98 Å². The molecule has 0 saturated carbocycles. The average Bonchev–Trinajstić information content (AvgIpc) is 2.99. The minimum atomic E-state index is 0.404. The molecule has 0 saturated heterocycles. The first-order valence-corrected chi connectivity index (χ1v) is 7.60. The van der Waals surface area contributed by atoms with Gasteiger partial charge in [0.05, 0.1) is 10.2 Å². The number of nitrogens with two attached hydrogens (primary N) is 1. The Hall–Kier alpha value is -2.73. The molecule has 0 bridgehead atoms. The summed E-state index contributed by atoms with van der Waals surface area (Å²) in [5, 5.41) is 0.575. The second kappa shape index (κ2) is 5.23. The number of thiazole rings is 1. The zero-order chi connectivity index (χ0) is 14.9. The molecule has 6 heteroatoms. The molecule has 5 nitrogen and oxygen atoms in total. The van der Waals surface area contributed by atoms with Gasteiger partial charge in [-0.3, -0.25) is 4.98 Å². The number of rotatable bonds is 3. The highest BCUT2D eigenvalue weighted by Crippen LogP contribution is 2.35. The minimum absolute atomic E-state index is 0.404. The SMILES string of the molecule is Nc1nc2cccnc2c2sc(OCc3ccccc3)nc12. The highest BCUT2D eigenvalue weighted by Gasteiger charge is 2.13. The number of nitrogen functional groups attached to an aromatic ring is 1. The van der Waals surface area contributed by atoms with Crippen LogP contribution in [0, 0.1) is 0 Å². The van der Waals surface area contributed by atoms with Gasteiger partial charge in [0.25, 0.3) is 5.19 Å².